The van der Waals surface area contributed by atoms with Crippen LogP contribution in [-0.2, 0) is 28.1 Å². The van der Waals surface area contributed by atoms with E-state index in [0.29, 0.717) is 31.1 Å². The molecule has 2 aliphatic heterocycles. The van der Waals surface area contributed by atoms with Crippen LogP contribution < -0.4 is 16.0 Å². The lowest BCUT2D eigenvalue weighted by Crippen LogP contribution is -2.47. The van der Waals surface area contributed by atoms with Gasteiger partial charge in [-0.2, -0.15) is 10.1 Å². The molecule has 3 N–H and O–H groups in total. The number of benzene rings is 3. The quantitative estimate of drug-likeness (QED) is 0.130. The number of rotatable bonds is 10. The lowest BCUT2D eigenvalue weighted by atomic mass is 9.89. The average molecular weight is 766 g/mol. The highest BCUT2D eigenvalue weighted by Gasteiger charge is 2.27. The summed E-state index contributed by atoms with van der Waals surface area (Å²) in [5, 5.41) is 17.0. The van der Waals surface area contributed by atoms with Gasteiger partial charge in [0.2, 0.25) is 11.8 Å². The summed E-state index contributed by atoms with van der Waals surface area (Å²) in [6.07, 6.45) is 6.68. The molecule has 0 unspecified atom stereocenters. The molecule has 0 spiro atoms. The maximum atomic E-state index is 12.7. The van der Waals surface area contributed by atoms with Crippen molar-refractivity contribution >= 4 is 28.9 Å². The molecular weight excluding hydrogens is 719 g/mol. The van der Waals surface area contributed by atoms with Crippen molar-refractivity contribution in [2.45, 2.75) is 83.8 Å². The van der Waals surface area contributed by atoms with Gasteiger partial charge in [0.25, 0.3) is 0 Å². The third kappa shape index (κ3) is 8.48. The molecule has 3 aromatic heterocycles. The van der Waals surface area contributed by atoms with E-state index in [1.54, 1.807) is 6.33 Å². The second-order valence-corrected chi connectivity index (χ2v) is 16.2. The van der Waals surface area contributed by atoms with Gasteiger partial charge < -0.3 is 15.2 Å². The number of carbonyl (C=O) groups excluding carboxylic acids is 3. The van der Waals surface area contributed by atoms with Gasteiger partial charge in [0.1, 0.15) is 12.4 Å². The third-order valence-corrected chi connectivity index (χ3v) is 11.0. The van der Waals surface area contributed by atoms with Crippen LogP contribution in [0.5, 0.6) is 0 Å². The van der Waals surface area contributed by atoms with Crippen molar-refractivity contribution in [3.8, 4) is 22.4 Å². The summed E-state index contributed by atoms with van der Waals surface area (Å²) in [6.45, 7) is 11.2. The SMILES string of the molecule is Cc1cc(-c2ncnn3cc(-c4ccc(CN5CCC(c6ccc(N[C@H]7CCC(=O)NC7=O)cc6)CC5)cc4)cc23)ccc1CNC(=O)c1nc(C(C)(C)C)no1. The van der Waals surface area contributed by atoms with Crippen LogP contribution in [0.15, 0.2) is 89.8 Å². The maximum Gasteiger partial charge on any atom is 0.315 e. The zero-order chi connectivity index (χ0) is 39.7. The Morgan fingerprint density at radius 2 is 1.68 bits per heavy atom. The predicted molar refractivity (Wildman–Crippen MR) is 216 cm³/mol. The van der Waals surface area contributed by atoms with Crippen molar-refractivity contribution in [2.75, 3.05) is 18.4 Å². The Bertz CT molecular complexity index is 2420. The fourth-order valence-electron chi connectivity index (χ4n) is 7.59. The molecule has 0 aliphatic carbocycles. The number of anilines is 1. The molecule has 57 heavy (non-hydrogen) atoms. The molecule has 2 saturated heterocycles. The number of amides is 3. The first kappa shape index (κ1) is 37.7. The van der Waals surface area contributed by atoms with Gasteiger partial charge in [-0.25, -0.2) is 9.50 Å². The highest BCUT2D eigenvalue weighted by molar-refractivity contribution is 6.01. The normalized spacial score (nSPS) is 16.8. The topological polar surface area (TPSA) is 160 Å². The summed E-state index contributed by atoms with van der Waals surface area (Å²) in [5.41, 5.74) is 10.1. The summed E-state index contributed by atoms with van der Waals surface area (Å²) in [6, 6.07) is 25.1. The predicted octanol–water partition coefficient (Wildman–Crippen LogP) is 6.58. The highest BCUT2D eigenvalue weighted by Crippen LogP contribution is 2.32. The second kappa shape index (κ2) is 15.7. The molecule has 0 bridgehead atoms. The second-order valence-electron chi connectivity index (χ2n) is 16.2. The molecule has 2 fully saturated rings. The number of aromatic nitrogens is 5. The van der Waals surface area contributed by atoms with Gasteiger partial charge in [-0.1, -0.05) is 74.5 Å². The Kier molecular flexibility index (Phi) is 10.4. The first-order chi connectivity index (χ1) is 27.5. The molecule has 1 atom stereocenters. The number of hydrogen-bond acceptors (Lipinski definition) is 10. The smallest absolute Gasteiger partial charge is 0.315 e. The molecule has 292 valence electrons. The van der Waals surface area contributed by atoms with Crippen LogP contribution in [-0.4, -0.2) is 66.5 Å². The molecule has 3 amide bonds. The Morgan fingerprint density at radius 1 is 0.930 bits per heavy atom. The van der Waals surface area contributed by atoms with Gasteiger partial charge in [0.15, 0.2) is 5.82 Å². The lowest BCUT2D eigenvalue weighted by Gasteiger charge is -2.32. The molecule has 13 nitrogen and oxygen atoms in total. The minimum Gasteiger partial charge on any atom is -0.374 e. The largest absolute Gasteiger partial charge is 0.374 e. The van der Waals surface area contributed by atoms with Gasteiger partial charge in [0.05, 0.1) is 11.2 Å². The molecule has 13 heteroatoms. The van der Waals surface area contributed by atoms with Crippen molar-refractivity contribution in [3.05, 3.63) is 119 Å². The molecular formula is C44H47N9O4. The molecule has 0 saturated carbocycles. The van der Waals surface area contributed by atoms with E-state index in [1.165, 1.54) is 11.1 Å². The van der Waals surface area contributed by atoms with Crippen molar-refractivity contribution in [3.63, 3.8) is 0 Å². The van der Waals surface area contributed by atoms with Crippen molar-refractivity contribution in [2.24, 2.45) is 0 Å². The van der Waals surface area contributed by atoms with Gasteiger partial charge in [-0.3, -0.25) is 24.6 Å². The van der Waals surface area contributed by atoms with E-state index in [4.69, 9.17) is 4.52 Å². The van der Waals surface area contributed by atoms with Crippen LogP contribution in [0.25, 0.3) is 27.9 Å². The van der Waals surface area contributed by atoms with Crippen LogP contribution in [0, 0.1) is 6.92 Å². The highest BCUT2D eigenvalue weighted by atomic mass is 16.5. The minimum absolute atomic E-state index is 0.0447. The van der Waals surface area contributed by atoms with E-state index >= 15 is 0 Å². The number of carbonyl (C=O) groups is 3. The maximum absolute atomic E-state index is 12.7. The Morgan fingerprint density at radius 3 is 2.39 bits per heavy atom. The Balaban J connectivity index is 0.858. The summed E-state index contributed by atoms with van der Waals surface area (Å²) in [7, 11) is 0. The average Bonchev–Trinajstić information content (AvgIpc) is 3.89. The lowest BCUT2D eigenvalue weighted by molar-refractivity contribution is -0.133. The van der Waals surface area contributed by atoms with Crippen LogP contribution >= 0.6 is 0 Å². The van der Waals surface area contributed by atoms with Crippen LogP contribution in [0.1, 0.15) is 91.1 Å². The van der Waals surface area contributed by atoms with Crippen LogP contribution in [0.3, 0.4) is 0 Å². The summed E-state index contributed by atoms with van der Waals surface area (Å²) < 4.78 is 7.06. The van der Waals surface area contributed by atoms with Gasteiger partial charge in [-0.05, 0) is 97.3 Å². The zero-order valence-corrected chi connectivity index (χ0v) is 32.7. The van der Waals surface area contributed by atoms with E-state index in [1.807, 2.05) is 62.7 Å². The number of likely N-dealkylation sites (tertiary alicyclic amines) is 1. The summed E-state index contributed by atoms with van der Waals surface area (Å²) in [4.78, 5) is 47.7. The molecule has 5 heterocycles. The van der Waals surface area contributed by atoms with Crippen molar-refractivity contribution in [1.82, 2.24) is 40.3 Å². The number of piperidine rings is 2. The Labute approximate surface area is 331 Å². The number of nitrogens with zero attached hydrogens (tertiary/aromatic N) is 6. The summed E-state index contributed by atoms with van der Waals surface area (Å²) >= 11 is 0. The van der Waals surface area contributed by atoms with Crippen LogP contribution in [0.4, 0.5) is 5.69 Å². The first-order valence-electron chi connectivity index (χ1n) is 19.5. The molecule has 2 aliphatic rings. The number of imide groups is 1. The van der Waals surface area contributed by atoms with Crippen LogP contribution in [0.2, 0.25) is 0 Å². The minimum atomic E-state index is -0.406. The molecule has 0 radical (unpaired) electrons. The zero-order valence-electron chi connectivity index (χ0n) is 32.7. The summed E-state index contributed by atoms with van der Waals surface area (Å²) in [5.74, 6) is 0.0837. The number of aryl methyl sites for hydroxylation is 1. The fourth-order valence-corrected chi connectivity index (χ4v) is 7.59. The van der Waals surface area contributed by atoms with Crippen molar-refractivity contribution in [1.29, 1.82) is 0 Å². The van der Waals surface area contributed by atoms with E-state index in [9.17, 15) is 14.4 Å². The van der Waals surface area contributed by atoms with E-state index in [0.717, 1.165) is 77.2 Å². The third-order valence-electron chi connectivity index (χ3n) is 11.0. The standard InChI is InChI=1S/C44H47N9O4/c1-27-21-32(9-10-33(27)23-45-41(56)42-50-43(51-57-42)44(2,3)4)39-37-22-34(25-53(37)47-26-46-39)30-7-5-28(6-8-30)24-52-19-17-31(18-20-52)29-11-13-35(14-12-29)48-36-15-16-38(54)49-40(36)55/h5-14,21-22,25-26,31,36,48H,15-20,23-24H2,1-4H3,(H,45,56)(H,49,54,55)/t36-/m0/s1. The van der Waals surface area contributed by atoms with E-state index in [2.05, 4.69) is 89.6 Å². The van der Waals surface area contributed by atoms with Crippen molar-refractivity contribution < 1.29 is 18.9 Å². The van der Waals surface area contributed by atoms with E-state index in [-0.39, 0.29) is 29.2 Å². The van der Waals surface area contributed by atoms with E-state index < -0.39 is 5.91 Å². The number of fused-ring (bicyclic) bond motifs is 1. The molecule has 3 aromatic carbocycles. The Hall–Kier alpha value is -6.21. The fraction of sp³-hybridized carbons (Fsp3) is 0.341. The molecule has 6 aromatic rings. The monoisotopic (exact) mass is 765 g/mol. The van der Waals surface area contributed by atoms with Gasteiger partial charge >= 0.3 is 11.8 Å². The molecule has 8 rings (SSSR count). The van der Waals surface area contributed by atoms with Gasteiger partial charge in [-0.15, -0.1) is 0 Å². The number of nitrogens with one attached hydrogen (secondary N) is 3. The first-order valence-corrected chi connectivity index (χ1v) is 19.5. The van der Waals surface area contributed by atoms with Gasteiger partial charge in [0, 0.05) is 47.9 Å². The number of hydrogen-bond donors (Lipinski definition) is 3.